The lowest BCUT2D eigenvalue weighted by Crippen LogP contribution is -2.27. The lowest BCUT2D eigenvalue weighted by molar-refractivity contribution is 0.597. The maximum atomic E-state index is 12.6. The molecule has 0 amide bonds. The molecule has 1 aliphatic rings. The van der Waals surface area contributed by atoms with Crippen LogP contribution < -0.4 is 9.03 Å². The fourth-order valence-corrected chi connectivity index (χ4v) is 5.30. The molecule has 10 heteroatoms. The van der Waals surface area contributed by atoms with E-state index in [1.807, 2.05) is 0 Å². The number of aromatic nitrogens is 2. The number of sulfonamides is 2. The number of aryl methyl sites for hydroxylation is 2. The first-order valence-electron chi connectivity index (χ1n) is 7.24. The van der Waals surface area contributed by atoms with Gasteiger partial charge in [0.15, 0.2) is 0 Å². The first-order valence-corrected chi connectivity index (χ1v) is 10.6. The summed E-state index contributed by atoms with van der Waals surface area (Å²) in [4.78, 5) is 0.126. The summed E-state index contributed by atoms with van der Waals surface area (Å²) in [5, 5.41) is 6.55. The van der Waals surface area contributed by atoms with E-state index in [0.29, 0.717) is 35.7 Å². The van der Waals surface area contributed by atoms with E-state index >= 15 is 0 Å². The molecule has 8 nitrogen and oxygen atoms in total. The first-order chi connectivity index (χ1) is 11.1. The van der Waals surface area contributed by atoms with Crippen LogP contribution in [0, 0.1) is 13.8 Å². The molecule has 3 rings (SSSR count). The van der Waals surface area contributed by atoms with Gasteiger partial charge in [0.2, 0.25) is 10.0 Å². The van der Waals surface area contributed by atoms with E-state index in [-0.39, 0.29) is 4.90 Å². The van der Waals surface area contributed by atoms with Crippen LogP contribution in [0.5, 0.6) is 0 Å². The summed E-state index contributed by atoms with van der Waals surface area (Å²) < 4.78 is 52.4. The summed E-state index contributed by atoms with van der Waals surface area (Å²) >= 11 is 0. The molecule has 0 saturated carbocycles. The van der Waals surface area contributed by atoms with E-state index in [4.69, 9.17) is 0 Å². The molecule has 2 heterocycles. The largest absolute Gasteiger partial charge is 0.281 e. The van der Waals surface area contributed by atoms with Gasteiger partial charge in [0, 0.05) is 12.2 Å². The van der Waals surface area contributed by atoms with Crippen LogP contribution in [0.4, 0.5) is 11.4 Å². The smallest absolute Gasteiger partial charge is 0.265 e. The summed E-state index contributed by atoms with van der Waals surface area (Å²) in [5.41, 5.74) is 2.63. The van der Waals surface area contributed by atoms with Crippen molar-refractivity contribution in [3.8, 4) is 0 Å². The van der Waals surface area contributed by atoms with Crippen molar-refractivity contribution in [1.29, 1.82) is 0 Å². The number of rotatable bonds is 4. The van der Waals surface area contributed by atoms with Crippen LogP contribution in [-0.2, 0) is 26.5 Å². The SMILES string of the molecule is Cc1n[nH]c(C)c1S(=O)(=O)Nc1ccc2c(c1)CCN2S(C)(=O)=O. The summed E-state index contributed by atoms with van der Waals surface area (Å²) in [6.45, 7) is 3.62. The Labute approximate surface area is 141 Å². The zero-order valence-corrected chi connectivity index (χ0v) is 15.1. The highest BCUT2D eigenvalue weighted by Gasteiger charge is 2.27. The molecule has 0 radical (unpaired) electrons. The van der Waals surface area contributed by atoms with E-state index in [1.54, 1.807) is 32.0 Å². The fraction of sp³-hybridized carbons (Fsp3) is 0.357. The minimum atomic E-state index is -3.77. The van der Waals surface area contributed by atoms with Crippen molar-refractivity contribution in [1.82, 2.24) is 10.2 Å². The lowest BCUT2D eigenvalue weighted by atomic mass is 10.1. The van der Waals surface area contributed by atoms with Gasteiger partial charge in [-0.3, -0.25) is 14.1 Å². The first kappa shape index (κ1) is 16.8. The molecule has 0 spiro atoms. The Balaban J connectivity index is 1.94. The third-order valence-corrected chi connectivity index (χ3v) is 6.74. The second-order valence-corrected chi connectivity index (χ2v) is 9.32. The molecule has 0 bridgehead atoms. The minimum Gasteiger partial charge on any atom is -0.281 e. The summed E-state index contributed by atoms with van der Waals surface area (Å²) in [6, 6.07) is 4.85. The molecule has 24 heavy (non-hydrogen) atoms. The molecule has 0 atom stereocenters. The van der Waals surface area contributed by atoms with Gasteiger partial charge in [-0.1, -0.05) is 0 Å². The molecule has 0 unspecified atom stereocenters. The zero-order chi connectivity index (χ0) is 17.7. The molecule has 1 aromatic carbocycles. The van der Waals surface area contributed by atoms with Crippen molar-refractivity contribution in [2.75, 3.05) is 21.8 Å². The molecule has 1 aliphatic heterocycles. The Morgan fingerprint density at radius 1 is 1.21 bits per heavy atom. The summed E-state index contributed by atoms with van der Waals surface area (Å²) in [7, 11) is -7.09. The number of benzene rings is 1. The number of H-pyrrole nitrogens is 1. The van der Waals surface area contributed by atoms with E-state index in [2.05, 4.69) is 14.9 Å². The van der Waals surface area contributed by atoms with E-state index in [9.17, 15) is 16.8 Å². The average Bonchev–Trinajstić information content (AvgIpc) is 3.01. The van der Waals surface area contributed by atoms with E-state index in [1.165, 1.54) is 4.31 Å². The molecule has 2 N–H and O–H groups in total. The molecule has 0 fully saturated rings. The molecular weight excluding hydrogens is 352 g/mol. The van der Waals surface area contributed by atoms with Crippen LogP contribution in [0.15, 0.2) is 23.1 Å². The van der Waals surface area contributed by atoms with Crippen LogP contribution in [-0.4, -0.2) is 39.8 Å². The predicted octanol–water partition coefficient (Wildman–Crippen LogP) is 1.15. The number of nitrogens with one attached hydrogen (secondary N) is 2. The molecule has 1 aromatic heterocycles. The second-order valence-electron chi connectivity index (χ2n) is 5.80. The highest BCUT2D eigenvalue weighted by Crippen LogP contribution is 2.33. The minimum absolute atomic E-state index is 0.126. The Morgan fingerprint density at radius 2 is 1.92 bits per heavy atom. The number of hydrogen-bond donors (Lipinski definition) is 2. The Bertz CT molecular complexity index is 990. The van der Waals surface area contributed by atoms with Gasteiger partial charge >= 0.3 is 0 Å². The van der Waals surface area contributed by atoms with Gasteiger partial charge in [0.25, 0.3) is 10.0 Å². The van der Waals surface area contributed by atoms with Crippen LogP contribution in [0.1, 0.15) is 17.0 Å². The van der Waals surface area contributed by atoms with Crippen molar-refractivity contribution in [2.24, 2.45) is 0 Å². The lowest BCUT2D eigenvalue weighted by Gasteiger charge is -2.16. The Morgan fingerprint density at radius 3 is 2.50 bits per heavy atom. The number of anilines is 2. The molecular formula is C14H18N4O4S2. The highest BCUT2D eigenvalue weighted by atomic mass is 32.2. The average molecular weight is 370 g/mol. The van der Waals surface area contributed by atoms with Gasteiger partial charge in [-0.05, 0) is 44.0 Å². The molecule has 0 aliphatic carbocycles. The van der Waals surface area contributed by atoms with Gasteiger partial charge in [0.05, 0.1) is 23.3 Å². The van der Waals surface area contributed by atoms with Gasteiger partial charge in [0.1, 0.15) is 4.90 Å². The Kier molecular flexibility index (Phi) is 3.83. The maximum absolute atomic E-state index is 12.6. The normalized spacial score (nSPS) is 14.7. The predicted molar refractivity (Wildman–Crippen MR) is 91.2 cm³/mol. The van der Waals surface area contributed by atoms with Gasteiger partial charge in [-0.15, -0.1) is 0 Å². The number of aromatic amines is 1. The Hall–Kier alpha value is -2.07. The van der Waals surface area contributed by atoms with Crippen molar-refractivity contribution < 1.29 is 16.8 Å². The standard InChI is InChI=1S/C14H18N4O4S2/c1-9-14(10(2)16-15-9)24(21,22)17-12-4-5-13-11(8-12)6-7-18(13)23(3,19)20/h4-5,8,17H,6-7H2,1-3H3,(H,15,16). The van der Waals surface area contributed by atoms with Crippen molar-refractivity contribution in [3.05, 3.63) is 35.2 Å². The highest BCUT2D eigenvalue weighted by molar-refractivity contribution is 7.93. The molecule has 0 saturated heterocycles. The molecule has 130 valence electrons. The fourth-order valence-electron chi connectivity index (χ4n) is 2.92. The summed E-state index contributed by atoms with van der Waals surface area (Å²) in [6.07, 6.45) is 1.70. The number of nitrogens with zero attached hydrogens (tertiary/aromatic N) is 2. The second kappa shape index (κ2) is 5.49. The van der Waals surface area contributed by atoms with E-state index < -0.39 is 20.0 Å². The quantitative estimate of drug-likeness (QED) is 0.838. The monoisotopic (exact) mass is 370 g/mol. The van der Waals surface area contributed by atoms with Crippen LogP contribution in [0.3, 0.4) is 0 Å². The topological polar surface area (TPSA) is 112 Å². The van der Waals surface area contributed by atoms with Crippen molar-refractivity contribution >= 4 is 31.4 Å². The van der Waals surface area contributed by atoms with E-state index in [0.717, 1.165) is 11.8 Å². The maximum Gasteiger partial charge on any atom is 0.265 e. The van der Waals surface area contributed by atoms with Gasteiger partial charge in [-0.2, -0.15) is 5.10 Å². The van der Waals surface area contributed by atoms with Gasteiger partial charge < -0.3 is 0 Å². The third kappa shape index (κ3) is 2.86. The van der Waals surface area contributed by atoms with Crippen LogP contribution >= 0.6 is 0 Å². The van der Waals surface area contributed by atoms with Crippen LogP contribution in [0.2, 0.25) is 0 Å². The number of fused-ring (bicyclic) bond motifs is 1. The summed E-state index contributed by atoms with van der Waals surface area (Å²) in [5.74, 6) is 0. The zero-order valence-electron chi connectivity index (χ0n) is 13.5. The van der Waals surface area contributed by atoms with Crippen molar-refractivity contribution in [2.45, 2.75) is 25.2 Å². The van der Waals surface area contributed by atoms with Crippen LogP contribution in [0.25, 0.3) is 0 Å². The van der Waals surface area contributed by atoms with Crippen molar-refractivity contribution in [3.63, 3.8) is 0 Å². The third-order valence-electron chi connectivity index (χ3n) is 3.91. The van der Waals surface area contributed by atoms with Gasteiger partial charge in [-0.25, -0.2) is 16.8 Å². The number of hydrogen-bond acceptors (Lipinski definition) is 5. The molecule has 2 aromatic rings.